The first-order valence-corrected chi connectivity index (χ1v) is 10.1. The largest absolute Gasteiger partial charge is 0.494 e. The number of ether oxygens (including phenoxy) is 1. The summed E-state index contributed by atoms with van der Waals surface area (Å²) >= 11 is 5.96. The number of benzene rings is 2. The molecule has 10 heteroatoms. The second-order valence-electron chi connectivity index (χ2n) is 7.09. The van der Waals surface area contributed by atoms with Crippen LogP contribution in [0.1, 0.15) is 15.9 Å². The summed E-state index contributed by atoms with van der Waals surface area (Å²) in [5.74, 6) is -0.579. The maximum absolute atomic E-state index is 13.3. The molecule has 0 aliphatic heterocycles. The summed E-state index contributed by atoms with van der Waals surface area (Å²) in [6.07, 6.45) is 1.57. The first-order chi connectivity index (χ1) is 15.9. The van der Waals surface area contributed by atoms with Crippen molar-refractivity contribution in [1.82, 2.24) is 9.55 Å². The minimum absolute atomic E-state index is 0.0986. The highest BCUT2D eigenvalue weighted by molar-refractivity contribution is 6.30. The Morgan fingerprint density at radius 1 is 1.18 bits per heavy atom. The van der Waals surface area contributed by atoms with E-state index in [1.807, 2.05) is 0 Å². The average molecular weight is 465 g/mol. The second-order valence-corrected chi connectivity index (χ2v) is 7.52. The maximum Gasteiger partial charge on any atom is 0.273 e. The molecule has 0 aliphatic rings. The number of carbonyl (C=O) groups excluding carboxylic acids is 1. The van der Waals surface area contributed by atoms with Crippen LogP contribution in [0.5, 0.6) is 5.75 Å². The molecule has 4 aromatic rings. The van der Waals surface area contributed by atoms with Gasteiger partial charge in [-0.1, -0.05) is 23.7 Å². The Hall–Kier alpha value is -4.24. The summed E-state index contributed by atoms with van der Waals surface area (Å²) in [4.78, 5) is 41.1. The average Bonchev–Trinajstić information content (AvgIpc) is 2.82. The van der Waals surface area contributed by atoms with E-state index in [9.17, 15) is 19.7 Å². The molecule has 2 aromatic carbocycles. The normalized spacial score (nSPS) is 10.7. The molecule has 166 valence electrons. The number of carbonyl (C=O) groups is 1. The number of non-ortho nitro benzene ring substituents is 1. The Balaban J connectivity index is 1.76. The van der Waals surface area contributed by atoms with Crippen molar-refractivity contribution >= 4 is 39.9 Å². The molecular formula is C23H17ClN4O5. The number of pyridine rings is 2. The highest BCUT2D eigenvalue weighted by Crippen LogP contribution is 2.29. The highest BCUT2D eigenvalue weighted by Gasteiger charge is 2.19. The Morgan fingerprint density at radius 3 is 2.64 bits per heavy atom. The summed E-state index contributed by atoms with van der Waals surface area (Å²) in [5, 5.41) is 14.8. The van der Waals surface area contributed by atoms with Crippen molar-refractivity contribution in [2.45, 2.75) is 6.54 Å². The Kier molecular flexibility index (Phi) is 6.05. The number of hydrogen-bond donors (Lipinski definition) is 1. The number of nitrogens with zero attached hydrogens (tertiary/aromatic N) is 3. The number of rotatable bonds is 6. The minimum atomic E-state index is -0.678. The third-order valence-corrected chi connectivity index (χ3v) is 5.24. The molecule has 0 saturated heterocycles. The first-order valence-electron chi connectivity index (χ1n) is 9.74. The molecule has 0 bridgehead atoms. The van der Waals surface area contributed by atoms with Gasteiger partial charge >= 0.3 is 0 Å². The van der Waals surface area contributed by atoms with Crippen LogP contribution in [-0.2, 0) is 6.54 Å². The van der Waals surface area contributed by atoms with E-state index in [1.165, 1.54) is 35.9 Å². The number of nitro benzene ring substituents is 1. The van der Waals surface area contributed by atoms with Crippen LogP contribution < -0.4 is 15.6 Å². The van der Waals surface area contributed by atoms with Gasteiger partial charge in [-0.2, -0.15) is 0 Å². The number of hydrogen-bond acceptors (Lipinski definition) is 6. The summed E-state index contributed by atoms with van der Waals surface area (Å²) in [5.41, 5.74) is 0.611. The van der Waals surface area contributed by atoms with Gasteiger partial charge in [0.1, 0.15) is 17.0 Å². The van der Waals surface area contributed by atoms with E-state index in [0.717, 1.165) is 5.56 Å². The van der Waals surface area contributed by atoms with Crippen molar-refractivity contribution in [3.05, 3.63) is 103 Å². The lowest BCUT2D eigenvalue weighted by molar-refractivity contribution is -0.384. The van der Waals surface area contributed by atoms with Crippen molar-refractivity contribution < 1.29 is 14.5 Å². The zero-order valence-corrected chi connectivity index (χ0v) is 18.1. The highest BCUT2D eigenvalue weighted by atomic mass is 35.5. The zero-order valence-electron chi connectivity index (χ0n) is 17.3. The summed E-state index contributed by atoms with van der Waals surface area (Å²) in [7, 11) is 1.33. The molecule has 0 radical (unpaired) electrons. The van der Waals surface area contributed by atoms with Gasteiger partial charge in [-0.05, 0) is 42.0 Å². The molecule has 0 atom stereocenters. The molecule has 0 unspecified atom stereocenters. The molecule has 1 N–H and O–H groups in total. The fourth-order valence-electron chi connectivity index (χ4n) is 3.37. The van der Waals surface area contributed by atoms with Gasteiger partial charge in [0.05, 0.1) is 30.3 Å². The number of fused-ring (bicyclic) bond motifs is 1. The second kappa shape index (κ2) is 9.09. The van der Waals surface area contributed by atoms with E-state index in [4.69, 9.17) is 16.3 Å². The molecule has 9 nitrogen and oxygen atoms in total. The van der Waals surface area contributed by atoms with Gasteiger partial charge in [0.2, 0.25) is 0 Å². The number of nitrogens with one attached hydrogen (secondary N) is 1. The Bertz CT molecular complexity index is 1430. The molecular weight excluding hydrogens is 448 g/mol. The van der Waals surface area contributed by atoms with Crippen LogP contribution in [0.25, 0.3) is 11.0 Å². The molecule has 1 amide bonds. The van der Waals surface area contributed by atoms with Gasteiger partial charge in [0.15, 0.2) is 0 Å². The van der Waals surface area contributed by atoms with Crippen molar-refractivity contribution in [3.8, 4) is 5.75 Å². The topological polar surface area (TPSA) is 116 Å². The van der Waals surface area contributed by atoms with Crippen LogP contribution in [0.15, 0.2) is 71.7 Å². The molecule has 33 heavy (non-hydrogen) atoms. The number of aromatic nitrogens is 2. The predicted molar refractivity (Wildman–Crippen MR) is 124 cm³/mol. The molecule has 0 saturated carbocycles. The Labute approximate surface area is 192 Å². The van der Waals surface area contributed by atoms with Gasteiger partial charge in [0, 0.05) is 22.7 Å². The summed E-state index contributed by atoms with van der Waals surface area (Å²) < 4.78 is 6.58. The van der Waals surface area contributed by atoms with Crippen LogP contribution in [0, 0.1) is 10.1 Å². The number of methoxy groups -OCH3 is 1. The number of anilines is 1. The zero-order chi connectivity index (χ0) is 23.5. The van der Waals surface area contributed by atoms with Crippen molar-refractivity contribution in [3.63, 3.8) is 0 Å². The quantitative estimate of drug-likeness (QED) is 0.336. The fraction of sp³-hybridized carbons (Fsp3) is 0.0870. The smallest absolute Gasteiger partial charge is 0.273 e. The molecule has 2 aromatic heterocycles. The van der Waals surface area contributed by atoms with E-state index in [2.05, 4.69) is 10.3 Å². The lowest BCUT2D eigenvalue weighted by atomic mass is 10.1. The summed E-state index contributed by atoms with van der Waals surface area (Å²) in [6, 6.07) is 15.7. The maximum atomic E-state index is 13.3. The molecule has 2 heterocycles. The monoisotopic (exact) mass is 464 g/mol. The van der Waals surface area contributed by atoms with Crippen LogP contribution in [0.4, 0.5) is 11.4 Å². The lowest BCUT2D eigenvalue weighted by Crippen LogP contribution is -2.30. The van der Waals surface area contributed by atoms with Gasteiger partial charge in [-0.15, -0.1) is 0 Å². The number of amides is 1. The predicted octanol–water partition coefficient (Wildman–Crippen LogP) is 4.27. The minimum Gasteiger partial charge on any atom is -0.494 e. The SMILES string of the molecule is COc1cc([N+](=O)[O-])ccc1NC(=O)c1cc2cccnc2n(Cc2ccc(Cl)cc2)c1=O. The van der Waals surface area contributed by atoms with Crippen molar-refractivity contribution in [2.24, 2.45) is 0 Å². The van der Waals surface area contributed by atoms with Gasteiger partial charge in [0.25, 0.3) is 17.2 Å². The molecule has 0 aliphatic carbocycles. The van der Waals surface area contributed by atoms with E-state index in [0.29, 0.717) is 16.1 Å². The van der Waals surface area contributed by atoms with E-state index < -0.39 is 16.4 Å². The van der Waals surface area contributed by atoms with Gasteiger partial charge < -0.3 is 10.1 Å². The van der Waals surface area contributed by atoms with E-state index >= 15 is 0 Å². The van der Waals surface area contributed by atoms with Crippen LogP contribution in [0.2, 0.25) is 5.02 Å². The third-order valence-electron chi connectivity index (χ3n) is 4.99. The molecule has 0 fully saturated rings. The third kappa shape index (κ3) is 4.53. The van der Waals surface area contributed by atoms with E-state index in [1.54, 1.807) is 42.6 Å². The van der Waals surface area contributed by atoms with Crippen LogP contribution in [0.3, 0.4) is 0 Å². The van der Waals surface area contributed by atoms with Gasteiger partial charge in [-0.25, -0.2) is 4.98 Å². The fourth-order valence-corrected chi connectivity index (χ4v) is 3.50. The van der Waals surface area contributed by atoms with Gasteiger partial charge in [-0.3, -0.25) is 24.3 Å². The van der Waals surface area contributed by atoms with Crippen LogP contribution in [-0.4, -0.2) is 27.5 Å². The van der Waals surface area contributed by atoms with E-state index in [-0.39, 0.29) is 29.2 Å². The van der Waals surface area contributed by atoms with Crippen LogP contribution >= 0.6 is 11.6 Å². The standard InChI is InChI=1S/C23H17ClN4O5/c1-33-20-12-17(28(31)32)8-9-19(20)26-22(29)18-11-15-3-2-10-25-21(15)27(23(18)30)13-14-4-6-16(24)7-5-14/h2-12H,13H2,1H3,(H,26,29). The Morgan fingerprint density at radius 2 is 1.94 bits per heavy atom. The molecule has 0 spiro atoms. The summed E-state index contributed by atoms with van der Waals surface area (Å²) in [6.45, 7) is 0.186. The lowest BCUT2D eigenvalue weighted by Gasteiger charge is -2.13. The number of halogens is 1. The first kappa shape index (κ1) is 22.0. The van der Waals surface area contributed by atoms with Crippen molar-refractivity contribution in [1.29, 1.82) is 0 Å². The number of nitro groups is 1. The van der Waals surface area contributed by atoms with Crippen molar-refractivity contribution in [2.75, 3.05) is 12.4 Å². The molecule has 4 rings (SSSR count).